The second-order valence-electron chi connectivity index (χ2n) is 7.10. The van der Waals surface area contributed by atoms with Gasteiger partial charge in [-0.05, 0) is 31.4 Å². The molecule has 0 aromatic carbocycles. The third-order valence-corrected chi connectivity index (χ3v) is 5.67. The summed E-state index contributed by atoms with van der Waals surface area (Å²) in [5, 5.41) is 13.2. The number of aryl methyl sites for hydroxylation is 1. The Bertz CT molecular complexity index is 878. The molecule has 1 aliphatic heterocycles. The van der Waals surface area contributed by atoms with Gasteiger partial charge in [-0.2, -0.15) is 5.10 Å². The molecule has 4 rings (SSSR count). The van der Waals surface area contributed by atoms with Gasteiger partial charge in [0.15, 0.2) is 10.8 Å². The van der Waals surface area contributed by atoms with Gasteiger partial charge in [0.05, 0.1) is 5.69 Å². The Balaban J connectivity index is 0.00000131. The molecule has 136 valence electrons. The molecule has 2 N–H and O–H groups in total. The first-order chi connectivity index (χ1) is 12.1. The van der Waals surface area contributed by atoms with Crippen LogP contribution in [0, 0.1) is 12.8 Å². The highest BCUT2D eigenvalue weighted by molar-refractivity contribution is 7.16. The maximum atomic E-state index is 4.96. The summed E-state index contributed by atoms with van der Waals surface area (Å²) >= 11 is 1.77. The lowest BCUT2D eigenvalue weighted by Gasteiger charge is -2.34. The molecule has 0 aliphatic carbocycles. The molecule has 25 heavy (non-hydrogen) atoms. The molecule has 0 unspecified atom stereocenters. The monoisotopic (exact) mass is 360 g/mol. The minimum atomic E-state index is 0. The number of fused-ring (bicyclic) bond motifs is 1. The van der Waals surface area contributed by atoms with Crippen molar-refractivity contribution in [1.29, 1.82) is 0 Å². The number of nitrogens with one attached hydrogen (secondary N) is 2. The highest BCUT2D eigenvalue weighted by Crippen LogP contribution is 2.34. The van der Waals surface area contributed by atoms with Crippen LogP contribution in [-0.4, -0.2) is 45.8 Å². The summed E-state index contributed by atoms with van der Waals surface area (Å²) in [4.78, 5) is 12.9. The zero-order valence-electron chi connectivity index (χ0n) is 14.9. The predicted molar refractivity (Wildman–Crippen MR) is 107 cm³/mol. The summed E-state index contributed by atoms with van der Waals surface area (Å²) in [5.41, 5.74) is 2.71. The second-order valence-corrected chi connectivity index (χ2v) is 8.28. The van der Waals surface area contributed by atoms with E-state index in [0.29, 0.717) is 12.0 Å². The largest absolute Gasteiger partial charge is 0.345 e. The molecule has 7 heteroatoms. The summed E-state index contributed by atoms with van der Waals surface area (Å²) in [6, 6.07) is 4.53. The topological polar surface area (TPSA) is 69.7 Å². The number of nitrogens with zero attached hydrogens (tertiary/aromatic N) is 4. The van der Waals surface area contributed by atoms with Crippen LogP contribution < -0.4 is 10.2 Å². The molecule has 1 saturated heterocycles. The van der Waals surface area contributed by atoms with Crippen LogP contribution in [0.15, 0.2) is 18.3 Å². The first-order valence-corrected chi connectivity index (χ1v) is 9.68. The number of anilines is 1. The van der Waals surface area contributed by atoms with E-state index in [-0.39, 0.29) is 2.85 Å². The Morgan fingerprint density at radius 2 is 2.32 bits per heavy atom. The number of hydrogen-bond acceptors (Lipinski definition) is 6. The predicted octanol–water partition coefficient (Wildman–Crippen LogP) is 3.71. The Labute approximate surface area is 154 Å². The summed E-state index contributed by atoms with van der Waals surface area (Å²) in [5.74, 6) is 0.704. The maximum Gasteiger partial charge on any atom is 0.186 e. The molecule has 0 amide bonds. The molecule has 3 aromatic rings. The van der Waals surface area contributed by atoms with Crippen molar-refractivity contribution in [3.8, 4) is 11.4 Å². The standard InChI is InChI=1S/C18H24N6S.2H2/c1-11(2)9-13-10-24(8-7-19-13)18-21-15(12(3)25-18)16-14-5-4-6-20-17(14)23-22-16;;/h4-6,11,13,19H,7-10H2,1-3H3,(H,20,22,23);2*1H/t13-;;/m0../s1. The van der Waals surface area contributed by atoms with Crippen molar-refractivity contribution in [2.75, 3.05) is 24.5 Å². The Morgan fingerprint density at radius 1 is 1.44 bits per heavy atom. The van der Waals surface area contributed by atoms with Gasteiger partial charge in [0.1, 0.15) is 5.69 Å². The van der Waals surface area contributed by atoms with Crippen LogP contribution in [-0.2, 0) is 0 Å². The fourth-order valence-electron chi connectivity index (χ4n) is 3.51. The van der Waals surface area contributed by atoms with Gasteiger partial charge in [0.25, 0.3) is 0 Å². The van der Waals surface area contributed by atoms with Crippen LogP contribution in [0.4, 0.5) is 5.13 Å². The van der Waals surface area contributed by atoms with E-state index >= 15 is 0 Å². The number of aromatic amines is 1. The van der Waals surface area contributed by atoms with Gasteiger partial charge in [-0.3, -0.25) is 5.10 Å². The number of thiazole rings is 1. The van der Waals surface area contributed by atoms with Crippen LogP contribution >= 0.6 is 11.3 Å². The fourth-order valence-corrected chi connectivity index (χ4v) is 4.46. The first-order valence-electron chi connectivity index (χ1n) is 8.87. The van der Waals surface area contributed by atoms with Gasteiger partial charge in [0, 0.05) is 45.0 Å². The quantitative estimate of drug-likeness (QED) is 0.742. The van der Waals surface area contributed by atoms with Crippen molar-refractivity contribution in [2.24, 2.45) is 5.92 Å². The Hall–Kier alpha value is -1.99. The summed E-state index contributed by atoms with van der Waals surface area (Å²) in [6.45, 7) is 9.74. The van der Waals surface area contributed by atoms with E-state index in [4.69, 9.17) is 4.98 Å². The van der Waals surface area contributed by atoms with Crippen molar-refractivity contribution in [2.45, 2.75) is 33.2 Å². The van der Waals surface area contributed by atoms with Gasteiger partial charge in [0.2, 0.25) is 0 Å². The average molecular weight is 361 g/mol. The van der Waals surface area contributed by atoms with Crippen LogP contribution in [0.3, 0.4) is 0 Å². The number of H-pyrrole nitrogens is 1. The molecule has 0 spiro atoms. The molecule has 1 atom stereocenters. The van der Waals surface area contributed by atoms with E-state index in [9.17, 15) is 0 Å². The van der Waals surface area contributed by atoms with Gasteiger partial charge in [-0.1, -0.05) is 13.8 Å². The minimum absolute atomic E-state index is 0. The van der Waals surface area contributed by atoms with E-state index in [2.05, 4.69) is 46.2 Å². The molecule has 6 nitrogen and oxygen atoms in total. The van der Waals surface area contributed by atoms with Crippen LogP contribution in [0.25, 0.3) is 22.4 Å². The van der Waals surface area contributed by atoms with Gasteiger partial charge in [-0.25, -0.2) is 9.97 Å². The molecule has 0 radical (unpaired) electrons. The smallest absolute Gasteiger partial charge is 0.186 e. The second kappa shape index (κ2) is 6.72. The molecular weight excluding hydrogens is 332 g/mol. The van der Waals surface area contributed by atoms with Crippen molar-refractivity contribution in [3.63, 3.8) is 0 Å². The van der Waals surface area contributed by atoms with Gasteiger partial charge >= 0.3 is 0 Å². The Morgan fingerprint density at radius 3 is 3.16 bits per heavy atom. The first kappa shape index (κ1) is 16.5. The number of rotatable bonds is 4. The third-order valence-electron chi connectivity index (χ3n) is 4.63. The van der Waals surface area contributed by atoms with E-state index in [1.807, 2.05) is 12.1 Å². The molecule has 0 saturated carbocycles. The number of aromatic nitrogens is 4. The van der Waals surface area contributed by atoms with E-state index in [1.165, 1.54) is 11.3 Å². The molecule has 1 aliphatic rings. The highest BCUT2D eigenvalue weighted by atomic mass is 32.1. The molecular formula is C18H28N6S. The Kier molecular flexibility index (Phi) is 4.43. The van der Waals surface area contributed by atoms with Crippen LogP contribution in [0.5, 0.6) is 0 Å². The molecule has 0 bridgehead atoms. The summed E-state index contributed by atoms with van der Waals surface area (Å²) < 4.78 is 0. The third kappa shape index (κ3) is 3.26. The van der Waals surface area contributed by atoms with E-state index in [0.717, 1.165) is 47.2 Å². The van der Waals surface area contributed by atoms with Crippen molar-refractivity contribution >= 4 is 27.5 Å². The highest BCUT2D eigenvalue weighted by Gasteiger charge is 2.24. The van der Waals surface area contributed by atoms with Crippen molar-refractivity contribution in [1.82, 2.24) is 25.5 Å². The fraction of sp³-hybridized carbons (Fsp3) is 0.500. The molecule has 3 aromatic heterocycles. The number of piperazine rings is 1. The minimum Gasteiger partial charge on any atom is -0.345 e. The number of pyridine rings is 1. The molecule has 4 heterocycles. The molecule has 1 fully saturated rings. The SMILES string of the molecule is Cc1sc(N2CCN[C@@H](CC(C)C)C2)nc1-c1[nH]nc2ncccc12.[HH].[HH]. The lowest BCUT2D eigenvalue weighted by Crippen LogP contribution is -2.51. The van der Waals surface area contributed by atoms with E-state index in [1.54, 1.807) is 17.5 Å². The zero-order valence-corrected chi connectivity index (χ0v) is 15.7. The maximum absolute atomic E-state index is 4.96. The van der Waals surface area contributed by atoms with Crippen molar-refractivity contribution < 1.29 is 2.85 Å². The zero-order chi connectivity index (χ0) is 17.4. The normalized spacial score (nSPS) is 18.4. The van der Waals surface area contributed by atoms with Crippen molar-refractivity contribution in [3.05, 3.63) is 23.2 Å². The van der Waals surface area contributed by atoms with E-state index < -0.39 is 0 Å². The van der Waals surface area contributed by atoms with Gasteiger partial charge < -0.3 is 10.2 Å². The lowest BCUT2D eigenvalue weighted by molar-refractivity contribution is 0.388. The van der Waals surface area contributed by atoms with Crippen LogP contribution in [0.1, 0.15) is 28.0 Å². The summed E-state index contributed by atoms with van der Waals surface area (Å²) in [6.07, 6.45) is 2.96. The lowest BCUT2D eigenvalue weighted by atomic mass is 10.0. The van der Waals surface area contributed by atoms with Crippen LogP contribution in [0.2, 0.25) is 0 Å². The summed E-state index contributed by atoms with van der Waals surface area (Å²) in [7, 11) is 0. The average Bonchev–Trinajstić information content (AvgIpc) is 3.18. The van der Waals surface area contributed by atoms with Gasteiger partial charge in [-0.15, -0.1) is 11.3 Å². The number of hydrogen-bond donors (Lipinski definition) is 2.